The summed E-state index contributed by atoms with van der Waals surface area (Å²) in [5, 5.41) is 3.33. The number of benzene rings is 2. The van der Waals surface area contributed by atoms with Gasteiger partial charge in [-0.2, -0.15) is 0 Å². The molecule has 21 heavy (non-hydrogen) atoms. The van der Waals surface area contributed by atoms with Gasteiger partial charge in [0.1, 0.15) is 0 Å². The maximum absolute atomic E-state index is 13.7. The molecular weight excluding hydrogens is 451 g/mol. The van der Waals surface area contributed by atoms with E-state index in [4.69, 9.17) is 0 Å². The summed E-state index contributed by atoms with van der Waals surface area (Å²) in [6.45, 7) is 2.75. The molecule has 1 atom stereocenters. The van der Waals surface area contributed by atoms with Crippen LogP contribution in [0.15, 0.2) is 40.9 Å². The SMILES string of the molecule is CCNC(Cc1ccc(I)cc1)c1ccc(F)c(F)c1Br. The summed E-state index contributed by atoms with van der Waals surface area (Å²) in [6.07, 6.45) is 0.717. The van der Waals surface area contributed by atoms with E-state index in [0.717, 1.165) is 17.7 Å². The number of hydrogen-bond donors (Lipinski definition) is 1. The van der Waals surface area contributed by atoms with Crippen molar-refractivity contribution in [3.05, 3.63) is 67.2 Å². The highest BCUT2D eigenvalue weighted by molar-refractivity contribution is 14.1. The zero-order valence-corrected chi connectivity index (χ0v) is 15.2. The second-order valence-electron chi connectivity index (χ2n) is 4.71. The van der Waals surface area contributed by atoms with Crippen LogP contribution in [-0.2, 0) is 6.42 Å². The van der Waals surface area contributed by atoms with E-state index in [2.05, 4.69) is 56.0 Å². The highest BCUT2D eigenvalue weighted by Crippen LogP contribution is 2.30. The van der Waals surface area contributed by atoms with Crippen LogP contribution in [0, 0.1) is 15.2 Å². The van der Waals surface area contributed by atoms with Gasteiger partial charge in [0.15, 0.2) is 11.6 Å². The molecular formula is C16H15BrF2IN. The third-order valence-corrected chi connectivity index (χ3v) is 4.77. The standard InChI is InChI=1S/C16H15BrF2IN/c1-2-21-14(9-10-3-5-11(20)6-4-10)12-7-8-13(18)16(19)15(12)17/h3-8,14,21H,2,9H2,1H3. The van der Waals surface area contributed by atoms with Crippen LogP contribution in [0.3, 0.4) is 0 Å². The van der Waals surface area contributed by atoms with E-state index >= 15 is 0 Å². The van der Waals surface area contributed by atoms with Gasteiger partial charge in [-0.05, 0) is 80.8 Å². The van der Waals surface area contributed by atoms with Gasteiger partial charge in [-0.25, -0.2) is 8.78 Å². The highest BCUT2D eigenvalue weighted by atomic mass is 127. The Morgan fingerprint density at radius 3 is 2.43 bits per heavy atom. The molecule has 2 rings (SSSR count). The Morgan fingerprint density at radius 1 is 1.14 bits per heavy atom. The number of rotatable bonds is 5. The minimum Gasteiger partial charge on any atom is -0.310 e. The van der Waals surface area contributed by atoms with Crippen LogP contribution in [0.1, 0.15) is 24.1 Å². The number of nitrogens with one attached hydrogen (secondary N) is 1. The molecule has 0 aliphatic heterocycles. The third kappa shape index (κ3) is 4.23. The Hall–Kier alpha value is -0.530. The molecule has 0 aromatic heterocycles. The zero-order valence-electron chi connectivity index (χ0n) is 11.5. The van der Waals surface area contributed by atoms with E-state index in [0.29, 0.717) is 6.42 Å². The molecule has 0 aliphatic rings. The maximum Gasteiger partial charge on any atom is 0.173 e. The smallest absolute Gasteiger partial charge is 0.173 e. The molecule has 0 aliphatic carbocycles. The molecule has 2 aromatic carbocycles. The molecule has 1 nitrogen and oxygen atoms in total. The van der Waals surface area contributed by atoms with Crippen LogP contribution < -0.4 is 5.32 Å². The number of likely N-dealkylation sites (N-methyl/N-ethyl adjacent to an activating group) is 1. The zero-order chi connectivity index (χ0) is 15.4. The van der Waals surface area contributed by atoms with Crippen molar-refractivity contribution in [2.75, 3.05) is 6.54 Å². The normalized spacial score (nSPS) is 12.4. The first kappa shape index (κ1) is 16.8. The quantitative estimate of drug-likeness (QED) is 0.471. The van der Waals surface area contributed by atoms with Gasteiger partial charge in [0, 0.05) is 9.61 Å². The first-order valence-corrected chi connectivity index (χ1v) is 8.51. The fourth-order valence-corrected chi connectivity index (χ4v) is 3.16. The Morgan fingerprint density at radius 2 is 1.81 bits per heavy atom. The van der Waals surface area contributed by atoms with E-state index < -0.39 is 11.6 Å². The summed E-state index contributed by atoms with van der Waals surface area (Å²) in [6, 6.07) is 10.9. The minimum absolute atomic E-state index is 0.0699. The highest BCUT2D eigenvalue weighted by Gasteiger charge is 2.18. The average Bonchev–Trinajstić information content (AvgIpc) is 2.47. The predicted octanol–water partition coefficient (Wildman–Crippen LogP) is 5.23. The maximum atomic E-state index is 13.7. The molecule has 0 spiro atoms. The fraction of sp³-hybridized carbons (Fsp3) is 0.250. The van der Waals surface area contributed by atoms with Gasteiger partial charge in [0.25, 0.3) is 0 Å². The lowest BCUT2D eigenvalue weighted by atomic mass is 9.98. The lowest BCUT2D eigenvalue weighted by Crippen LogP contribution is -2.23. The molecule has 0 heterocycles. The minimum atomic E-state index is -0.838. The molecule has 112 valence electrons. The molecule has 0 saturated carbocycles. The van der Waals surface area contributed by atoms with Gasteiger partial charge in [-0.15, -0.1) is 0 Å². The molecule has 1 N–H and O–H groups in total. The lowest BCUT2D eigenvalue weighted by molar-refractivity contribution is 0.491. The van der Waals surface area contributed by atoms with Gasteiger partial charge >= 0.3 is 0 Å². The van der Waals surface area contributed by atoms with Crippen molar-refractivity contribution in [2.24, 2.45) is 0 Å². The van der Waals surface area contributed by atoms with Crippen LogP contribution in [-0.4, -0.2) is 6.54 Å². The van der Waals surface area contributed by atoms with Gasteiger partial charge in [-0.1, -0.05) is 25.1 Å². The molecule has 2 aromatic rings. The lowest BCUT2D eigenvalue weighted by Gasteiger charge is -2.20. The predicted molar refractivity (Wildman–Crippen MR) is 93.3 cm³/mol. The average molecular weight is 466 g/mol. The van der Waals surface area contributed by atoms with Gasteiger partial charge in [0.2, 0.25) is 0 Å². The molecule has 0 radical (unpaired) electrons. The van der Waals surface area contributed by atoms with Gasteiger partial charge in [0.05, 0.1) is 4.47 Å². The molecule has 1 unspecified atom stereocenters. The van der Waals surface area contributed by atoms with Gasteiger partial charge in [-0.3, -0.25) is 0 Å². The van der Waals surface area contributed by atoms with Crippen molar-refractivity contribution in [2.45, 2.75) is 19.4 Å². The van der Waals surface area contributed by atoms with Crippen molar-refractivity contribution in [3.8, 4) is 0 Å². The van der Waals surface area contributed by atoms with Crippen molar-refractivity contribution < 1.29 is 8.78 Å². The number of halogens is 4. The van der Waals surface area contributed by atoms with Crippen LogP contribution in [0.4, 0.5) is 8.78 Å². The van der Waals surface area contributed by atoms with E-state index in [1.807, 2.05) is 19.1 Å². The van der Waals surface area contributed by atoms with Crippen LogP contribution >= 0.6 is 38.5 Å². The fourth-order valence-electron chi connectivity index (χ4n) is 2.20. The molecule has 0 amide bonds. The summed E-state index contributed by atoms with van der Waals surface area (Å²) in [5.41, 5.74) is 1.88. The van der Waals surface area contributed by atoms with E-state index in [-0.39, 0.29) is 10.5 Å². The van der Waals surface area contributed by atoms with Crippen molar-refractivity contribution >= 4 is 38.5 Å². The molecule has 0 fully saturated rings. The molecule has 0 bridgehead atoms. The second kappa shape index (κ2) is 7.65. The van der Waals surface area contributed by atoms with Crippen molar-refractivity contribution in [3.63, 3.8) is 0 Å². The van der Waals surface area contributed by atoms with Crippen LogP contribution in [0.5, 0.6) is 0 Å². The Kier molecular flexibility index (Phi) is 6.13. The van der Waals surface area contributed by atoms with E-state index in [9.17, 15) is 8.78 Å². The molecule has 5 heteroatoms. The van der Waals surface area contributed by atoms with E-state index in [1.54, 1.807) is 6.07 Å². The van der Waals surface area contributed by atoms with E-state index in [1.165, 1.54) is 9.64 Å². The summed E-state index contributed by atoms with van der Waals surface area (Å²) in [7, 11) is 0. The first-order valence-electron chi connectivity index (χ1n) is 6.64. The summed E-state index contributed by atoms with van der Waals surface area (Å²) >= 11 is 5.43. The Labute approximate surface area is 145 Å². The van der Waals surface area contributed by atoms with Gasteiger partial charge < -0.3 is 5.32 Å². The summed E-state index contributed by atoms with van der Waals surface area (Å²) in [5.74, 6) is -1.67. The van der Waals surface area contributed by atoms with Crippen molar-refractivity contribution in [1.29, 1.82) is 0 Å². The van der Waals surface area contributed by atoms with Crippen LogP contribution in [0.2, 0.25) is 0 Å². The summed E-state index contributed by atoms with van der Waals surface area (Å²) < 4.78 is 28.4. The third-order valence-electron chi connectivity index (χ3n) is 3.24. The van der Waals surface area contributed by atoms with Crippen LogP contribution in [0.25, 0.3) is 0 Å². The topological polar surface area (TPSA) is 12.0 Å². The Balaban J connectivity index is 2.30. The first-order chi connectivity index (χ1) is 10.0. The largest absolute Gasteiger partial charge is 0.310 e. The monoisotopic (exact) mass is 465 g/mol. The Bertz CT molecular complexity index is 616. The second-order valence-corrected chi connectivity index (χ2v) is 6.74. The van der Waals surface area contributed by atoms with Crippen molar-refractivity contribution in [1.82, 2.24) is 5.32 Å². The number of hydrogen-bond acceptors (Lipinski definition) is 1. The molecule has 0 saturated heterocycles. The summed E-state index contributed by atoms with van der Waals surface area (Å²) in [4.78, 5) is 0.